The summed E-state index contributed by atoms with van der Waals surface area (Å²) in [6.45, 7) is 2.32. The summed E-state index contributed by atoms with van der Waals surface area (Å²) in [6, 6.07) is 0.444. The minimum absolute atomic E-state index is 0.154. The molecule has 0 spiro atoms. The fourth-order valence-corrected chi connectivity index (χ4v) is 2.29. The molecule has 0 aromatic carbocycles. The molecule has 1 aliphatic heterocycles. The summed E-state index contributed by atoms with van der Waals surface area (Å²) in [5.41, 5.74) is 0. The molecule has 1 aliphatic carbocycles. The Morgan fingerprint density at radius 2 is 2.16 bits per heavy atom. The molecule has 1 saturated heterocycles. The third-order valence-corrected chi connectivity index (χ3v) is 3.69. The standard InChI is InChI=1S/C13H22N2O4/c1-14(10-3-4-10)12(16)9-15-5-6-19-11(8-15)7-13(17)18-2/h10-11H,3-9H2,1-2H3. The van der Waals surface area contributed by atoms with Crippen LogP contribution in [-0.2, 0) is 19.1 Å². The van der Waals surface area contributed by atoms with Gasteiger partial charge in [-0.3, -0.25) is 14.5 Å². The van der Waals surface area contributed by atoms with Crippen molar-refractivity contribution >= 4 is 11.9 Å². The van der Waals surface area contributed by atoms with Crippen molar-refractivity contribution in [2.75, 3.05) is 40.4 Å². The zero-order valence-electron chi connectivity index (χ0n) is 11.6. The predicted molar refractivity (Wildman–Crippen MR) is 68.6 cm³/mol. The molecule has 0 aromatic rings. The van der Waals surface area contributed by atoms with Gasteiger partial charge in [0.1, 0.15) is 0 Å². The quantitative estimate of drug-likeness (QED) is 0.651. The van der Waals surface area contributed by atoms with Gasteiger partial charge in [-0.05, 0) is 12.8 Å². The number of methoxy groups -OCH3 is 1. The van der Waals surface area contributed by atoms with Crippen LogP contribution in [0.5, 0.6) is 0 Å². The first kappa shape index (κ1) is 14.3. The molecule has 1 atom stereocenters. The first-order valence-electron chi connectivity index (χ1n) is 6.76. The Morgan fingerprint density at radius 3 is 2.79 bits per heavy atom. The van der Waals surface area contributed by atoms with Gasteiger partial charge in [0.05, 0.1) is 32.8 Å². The van der Waals surface area contributed by atoms with Gasteiger partial charge in [-0.2, -0.15) is 0 Å². The lowest BCUT2D eigenvalue weighted by molar-refractivity contribution is -0.146. The van der Waals surface area contributed by atoms with E-state index in [-0.39, 0.29) is 24.4 Å². The number of carbonyl (C=O) groups is 2. The molecular weight excluding hydrogens is 248 g/mol. The van der Waals surface area contributed by atoms with E-state index in [4.69, 9.17) is 4.74 Å². The monoisotopic (exact) mass is 270 g/mol. The number of hydrogen-bond acceptors (Lipinski definition) is 5. The van der Waals surface area contributed by atoms with Crippen LogP contribution in [0, 0.1) is 0 Å². The molecule has 0 aromatic heterocycles. The van der Waals surface area contributed by atoms with E-state index in [2.05, 4.69) is 9.64 Å². The molecule has 1 amide bonds. The van der Waals surface area contributed by atoms with Crippen molar-refractivity contribution in [1.82, 2.24) is 9.80 Å². The van der Waals surface area contributed by atoms with Gasteiger partial charge in [0.2, 0.25) is 5.91 Å². The molecule has 6 heteroatoms. The van der Waals surface area contributed by atoms with Crippen molar-refractivity contribution < 1.29 is 19.1 Å². The fraction of sp³-hybridized carbons (Fsp3) is 0.846. The lowest BCUT2D eigenvalue weighted by Crippen LogP contribution is -2.48. The largest absolute Gasteiger partial charge is 0.469 e. The second-order valence-corrected chi connectivity index (χ2v) is 5.24. The smallest absolute Gasteiger partial charge is 0.308 e. The maximum Gasteiger partial charge on any atom is 0.308 e. The van der Waals surface area contributed by atoms with Crippen molar-refractivity contribution in [3.05, 3.63) is 0 Å². The van der Waals surface area contributed by atoms with E-state index in [9.17, 15) is 9.59 Å². The molecule has 1 saturated carbocycles. The van der Waals surface area contributed by atoms with Gasteiger partial charge in [0.25, 0.3) is 0 Å². The van der Waals surface area contributed by atoms with Gasteiger partial charge in [-0.25, -0.2) is 0 Å². The maximum atomic E-state index is 12.0. The summed E-state index contributed by atoms with van der Waals surface area (Å²) in [4.78, 5) is 27.1. The highest BCUT2D eigenvalue weighted by Gasteiger charge is 2.31. The van der Waals surface area contributed by atoms with E-state index in [0.29, 0.717) is 25.7 Å². The summed E-state index contributed by atoms with van der Waals surface area (Å²) in [5.74, 6) is -0.116. The fourth-order valence-electron chi connectivity index (χ4n) is 2.29. The van der Waals surface area contributed by atoms with E-state index in [1.807, 2.05) is 11.9 Å². The van der Waals surface area contributed by atoms with Crippen molar-refractivity contribution in [3.8, 4) is 0 Å². The van der Waals surface area contributed by atoms with Crippen LogP contribution < -0.4 is 0 Å². The van der Waals surface area contributed by atoms with Crippen molar-refractivity contribution in [2.45, 2.75) is 31.4 Å². The lowest BCUT2D eigenvalue weighted by atomic mass is 10.2. The summed E-state index contributed by atoms with van der Waals surface area (Å²) in [6.07, 6.45) is 2.33. The Labute approximate surface area is 113 Å². The van der Waals surface area contributed by atoms with Crippen LogP contribution in [0.3, 0.4) is 0 Å². The van der Waals surface area contributed by atoms with Gasteiger partial charge in [0, 0.05) is 26.2 Å². The highest BCUT2D eigenvalue weighted by atomic mass is 16.5. The summed E-state index contributed by atoms with van der Waals surface area (Å²) in [5, 5.41) is 0. The number of hydrogen-bond donors (Lipinski definition) is 0. The minimum atomic E-state index is -0.270. The molecule has 1 unspecified atom stereocenters. The SMILES string of the molecule is COC(=O)CC1CN(CC(=O)N(C)C2CC2)CCO1. The molecule has 6 nitrogen and oxygen atoms in total. The first-order chi connectivity index (χ1) is 9.10. The molecule has 2 fully saturated rings. The maximum absolute atomic E-state index is 12.0. The molecule has 0 bridgehead atoms. The number of likely N-dealkylation sites (N-methyl/N-ethyl adjacent to an activating group) is 1. The molecule has 19 heavy (non-hydrogen) atoms. The molecule has 2 rings (SSSR count). The van der Waals surface area contributed by atoms with E-state index in [0.717, 1.165) is 19.4 Å². The Bertz CT molecular complexity index is 344. The molecule has 0 N–H and O–H groups in total. The van der Waals surface area contributed by atoms with Crippen LogP contribution in [0.15, 0.2) is 0 Å². The van der Waals surface area contributed by atoms with Crippen LogP contribution in [0.2, 0.25) is 0 Å². The average Bonchev–Trinajstić information content (AvgIpc) is 3.22. The van der Waals surface area contributed by atoms with Gasteiger partial charge >= 0.3 is 5.97 Å². The van der Waals surface area contributed by atoms with Crippen LogP contribution in [0.1, 0.15) is 19.3 Å². The predicted octanol–water partition coefficient (Wildman–Crippen LogP) is -0.129. The highest BCUT2D eigenvalue weighted by molar-refractivity contribution is 5.78. The first-order valence-corrected chi connectivity index (χ1v) is 6.76. The summed E-state index contributed by atoms with van der Waals surface area (Å²) >= 11 is 0. The van der Waals surface area contributed by atoms with E-state index in [1.165, 1.54) is 7.11 Å². The van der Waals surface area contributed by atoms with Crippen LogP contribution in [0.4, 0.5) is 0 Å². The third kappa shape index (κ3) is 4.18. The van der Waals surface area contributed by atoms with Crippen molar-refractivity contribution in [2.24, 2.45) is 0 Å². The number of carbonyl (C=O) groups excluding carboxylic acids is 2. The number of amides is 1. The molecule has 108 valence electrons. The molecule has 1 heterocycles. The van der Waals surface area contributed by atoms with Gasteiger partial charge in [-0.1, -0.05) is 0 Å². The van der Waals surface area contributed by atoms with Gasteiger partial charge < -0.3 is 14.4 Å². The second kappa shape index (κ2) is 6.34. The van der Waals surface area contributed by atoms with Gasteiger partial charge in [-0.15, -0.1) is 0 Å². The number of nitrogens with zero attached hydrogens (tertiary/aromatic N) is 2. The lowest BCUT2D eigenvalue weighted by Gasteiger charge is -2.33. The topological polar surface area (TPSA) is 59.1 Å². The van der Waals surface area contributed by atoms with Crippen LogP contribution in [-0.4, -0.2) is 74.2 Å². The minimum Gasteiger partial charge on any atom is -0.469 e. The molecule has 0 radical (unpaired) electrons. The number of rotatable bonds is 5. The zero-order chi connectivity index (χ0) is 13.8. The number of morpholine rings is 1. The normalized spacial score (nSPS) is 24.0. The highest BCUT2D eigenvalue weighted by Crippen LogP contribution is 2.25. The molecular formula is C13H22N2O4. The Kier molecular flexibility index (Phi) is 4.76. The van der Waals surface area contributed by atoms with E-state index in [1.54, 1.807) is 0 Å². The van der Waals surface area contributed by atoms with E-state index >= 15 is 0 Å². The van der Waals surface area contributed by atoms with Crippen LogP contribution in [0.25, 0.3) is 0 Å². The Balaban J connectivity index is 1.76. The second-order valence-electron chi connectivity index (χ2n) is 5.24. The summed E-state index contributed by atoms with van der Waals surface area (Å²) < 4.78 is 10.1. The summed E-state index contributed by atoms with van der Waals surface area (Å²) in [7, 11) is 3.24. The third-order valence-electron chi connectivity index (χ3n) is 3.69. The van der Waals surface area contributed by atoms with Crippen molar-refractivity contribution in [3.63, 3.8) is 0 Å². The number of esters is 1. The van der Waals surface area contributed by atoms with Gasteiger partial charge in [0.15, 0.2) is 0 Å². The Morgan fingerprint density at radius 1 is 1.42 bits per heavy atom. The zero-order valence-corrected chi connectivity index (χ0v) is 11.6. The van der Waals surface area contributed by atoms with Crippen LogP contribution >= 0.6 is 0 Å². The molecule has 2 aliphatic rings. The average molecular weight is 270 g/mol. The number of ether oxygens (including phenoxy) is 2. The van der Waals surface area contributed by atoms with Crippen molar-refractivity contribution in [1.29, 1.82) is 0 Å². The van der Waals surface area contributed by atoms with E-state index < -0.39 is 0 Å². The Hall–Kier alpha value is -1.14.